The van der Waals surface area contributed by atoms with Gasteiger partial charge in [0.1, 0.15) is 11.2 Å². The molecule has 0 aliphatic carbocycles. The molecule has 0 amide bonds. The van der Waals surface area contributed by atoms with Crippen LogP contribution < -0.4 is 0 Å². The Morgan fingerprint density at radius 3 is 1.12 bits per heavy atom. The summed E-state index contributed by atoms with van der Waals surface area (Å²) in [7, 11) is 0. The van der Waals surface area contributed by atoms with E-state index in [9.17, 15) is 16.4 Å². The predicted molar refractivity (Wildman–Crippen MR) is 566 cm³/mol. The number of thiophene rings is 4. The van der Waals surface area contributed by atoms with Crippen LogP contribution in [-0.4, -0.2) is 0 Å². The van der Waals surface area contributed by atoms with E-state index in [0.29, 0.717) is 77.9 Å². The summed E-state index contributed by atoms with van der Waals surface area (Å²) in [5, 5.41) is 20.7. The van der Waals surface area contributed by atoms with Crippen molar-refractivity contribution in [2.45, 2.75) is 0 Å². The first-order valence-corrected chi connectivity index (χ1v) is 45.4. The zero-order valence-electron chi connectivity index (χ0n) is 91.8. The highest BCUT2D eigenvalue weighted by atomic mass is 32.1. The molecule has 1 nitrogen and oxygen atoms in total. The minimum Gasteiger partial charge on any atom is -0.456 e. The fourth-order valence-electron chi connectivity index (χ4n) is 19.8. The van der Waals surface area contributed by atoms with Crippen LogP contribution in [-0.2, 0) is 0 Å². The smallest absolute Gasteiger partial charge is 0.136 e. The Balaban J connectivity index is 0.000000112. The van der Waals surface area contributed by atoms with Crippen molar-refractivity contribution in [3.05, 3.63) is 436 Å². The van der Waals surface area contributed by atoms with E-state index in [-0.39, 0.29) is 137 Å². The molecule has 5 aromatic heterocycles. The minimum atomic E-state index is -0.429. The summed E-state index contributed by atoms with van der Waals surface area (Å²) in [4.78, 5) is 0. The second-order valence-electron chi connectivity index (χ2n) is 32.4. The van der Waals surface area contributed by atoms with Crippen LogP contribution in [0.15, 0.2) is 441 Å². The molecule has 5 heteroatoms. The minimum absolute atomic E-state index is 0.179. The van der Waals surface area contributed by atoms with Gasteiger partial charge in [0.2, 0.25) is 0 Å². The van der Waals surface area contributed by atoms with Crippen molar-refractivity contribution in [1.29, 1.82) is 0 Å². The number of hydrogen-bond donors (Lipinski definition) is 0. The molecule has 0 fully saturated rings. The van der Waals surface area contributed by atoms with E-state index in [4.69, 9.17) is 20.9 Å². The first kappa shape index (κ1) is 53.8. The third-order valence-corrected chi connectivity index (χ3v) is 30.1. The molecule has 0 aliphatic heterocycles. The molecule has 29 rings (SSSR count). The van der Waals surface area contributed by atoms with Gasteiger partial charge in [0.15, 0.2) is 0 Å². The maximum Gasteiger partial charge on any atom is 0.136 e. The predicted octanol–water partition coefficient (Wildman–Crippen LogP) is 38.0. The van der Waals surface area contributed by atoms with Gasteiger partial charge >= 0.3 is 0 Å². The molecule has 0 aliphatic rings. The average Bonchev–Trinajstić information content (AvgIpc) is 1.58. The largest absolute Gasteiger partial charge is 0.456 e. The summed E-state index contributed by atoms with van der Waals surface area (Å²) < 4.78 is 232. The van der Waals surface area contributed by atoms with Crippen molar-refractivity contribution in [2.24, 2.45) is 0 Å². The lowest BCUT2D eigenvalue weighted by atomic mass is 9.84. The number of benzene rings is 24. The first-order valence-electron chi connectivity index (χ1n) is 54.2. The summed E-state index contributed by atoms with van der Waals surface area (Å²) in [5.41, 5.74) is 6.91. The quantitative estimate of drug-likeness (QED) is 0.151. The molecule has 0 bridgehead atoms. The average molecular weight is 1730 g/mol. The summed E-state index contributed by atoms with van der Waals surface area (Å²) in [5.74, 6) is 0. The Morgan fingerprint density at radius 1 is 0.171 bits per heavy atom. The maximum absolute atomic E-state index is 9.36. The Hall–Kier alpha value is -15.4. The SMILES string of the molecule is [2H]c1c([2H])c([2H])c2c(-c3ccc4sc5ccccc5c4c3)c3c([2H])c([2H])c([2H])c([2H])c3c(-c3ccc4c(c3)sc3ccc5ccccc5c34)c2c1[2H].[2H]c1c([2H])c([2H])c2c(-c3cccc4c3sc3ccccc34)c3c([2H])c([2H])c([2H])c([2H])c3c(-c3ccc4c(c3)oc3cc5ccccc5cc34)c2c1[2H].[2H]c1c([2H])c([2H])c2c(-c3cccc4cc5c(cc34)sc3ccccc35)c3c([2H])c([2H])c([2H])c([2H])c3c(-c3ccc4ccccc4c3)c2c1[2H]. The van der Waals surface area contributed by atoms with Gasteiger partial charge in [0.25, 0.3) is 0 Å². The summed E-state index contributed by atoms with van der Waals surface area (Å²) in [6, 6.07) is 87.3. The van der Waals surface area contributed by atoms with E-state index in [2.05, 4.69) is 60.7 Å². The molecular weight excluding hydrogens is 1630 g/mol. The van der Waals surface area contributed by atoms with Crippen molar-refractivity contribution in [3.8, 4) is 66.8 Å². The molecule has 129 heavy (non-hydrogen) atoms. The van der Waals surface area contributed by atoms with E-state index in [1.807, 2.05) is 231 Å². The van der Waals surface area contributed by atoms with Gasteiger partial charge in [0.05, 0.1) is 32.9 Å². The molecule has 0 radical (unpaired) electrons. The molecule has 29 aromatic rings. The van der Waals surface area contributed by atoms with Gasteiger partial charge in [-0.25, -0.2) is 0 Å². The van der Waals surface area contributed by atoms with E-state index in [1.54, 1.807) is 45.3 Å². The van der Waals surface area contributed by atoms with Gasteiger partial charge < -0.3 is 4.42 Å². The van der Waals surface area contributed by atoms with Crippen molar-refractivity contribution >= 4 is 256 Å². The third kappa shape index (κ3) is 11.8. The van der Waals surface area contributed by atoms with Crippen LogP contribution in [0.5, 0.6) is 0 Å². The molecule has 0 N–H and O–H groups in total. The monoisotopic (exact) mass is 1730 g/mol. The molecule has 0 saturated carbocycles. The molecule has 598 valence electrons. The number of fused-ring (bicyclic) bond motifs is 26. The molecule has 0 spiro atoms. The molecule has 5 heterocycles. The Morgan fingerprint density at radius 2 is 0.527 bits per heavy atom. The highest BCUT2D eigenvalue weighted by molar-refractivity contribution is 7.27. The first-order chi connectivity index (χ1) is 73.9. The van der Waals surface area contributed by atoms with Crippen LogP contribution in [0.25, 0.3) is 277 Å². The molecule has 0 saturated heterocycles. The third-order valence-electron chi connectivity index (χ3n) is 25.4. The topological polar surface area (TPSA) is 13.1 Å². The van der Waals surface area contributed by atoms with Crippen LogP contribution >= 0.6 is 45.3 Å². The molecule has 0 atom stereocenters. The molecule has 0 unspecified atom stereocenters. The van der Waals surface area contributed by atoms with Gasteiger partial charge in [-0.2, -0.15) is 0 Å². The molecule has 24 aromatic carbocycles. The van der Waals surface area contributed by atoms with E-state index in [0.717, 1.165) is 135 Å². The standard InChI is InChI=1S/C42H24OS.C42H24S2.C40H24S/c1-2-11-26-23-38-36(22-25(26)10-1)28-21-20-27(24-37(28)43-38)40-30-13-3-5-15-32(30)41(33-16-6-4-14-31(33)40)35-18-9-17-34-29-12-7-8-19-39(29)44-42(34)35;1-2-10-28-25(9-1)18-22-38-42(28)34-20-17-27(24-39(34)44-38)41-32-14-5-3-12-30(32)40(31-13-4-6-15-33(31)41)26-19-21-37-35(23-26)29-11-7-8-16-36(29)43-37;1-2-11-26-22-28(21-20-25(26)10-1)39-30-14-3-5-16-32(30)40(33-17-6-4-15-31(33)39)34-18-9-12-27-23-36-29-13-7-8-19-37(29)41-38(36)24-35(27)34/h2*1-24H;1-24H/i3D,4D,5D,6D,13D,14D,15D,16D;3D,4D,5D,6D,12D,13D,14D,15D;3D,4D,5D,6D,14D,15D,16D,17D. The van der Waals surface area contributed by atoms with Crippen LogP contribution in [0, 0.1) is 0 Å². The molecular formula is C124H72OS4. The number of rotatable bonds is 6. The van der Waals surface area contributed by atoms with Crippen LogP contribution in [0.3, 0.4) is 0 Å². The highest BCUT2D eigenvalue weighted by Gasteiger charge is 2.25. The van der Waals surface area contributed by atoms with Crippen LogP contribution in [0.2, 0.25) is 0 Å². The van der Waals surface area contributed by atoms with Gasteiger partial charge in [-0.05, 0) is 254 Å². The zero-order chi connectivity index (χ0) is 105. The number of hydrogen-bond acceptors (Lipinski definition) is 5. The lowest BCUT2D eigenvalue weighted by Gasteiger charge is -2.19. The fraction of sp³-hybridized carbons (Fsp3) is 0. The van der Waals surface area contributed by atoms with Crippen molar-refractivity contribution in [2.75, 3.05) is 0 Å². The van der Waals surface area contributed by atoms with E-state index >= 15 is 0 Å². The second kappa shape index (κ2) is 29.6. The normalized spacial score (nSPS) is 14.6. The van der Waals surface area contributed by atoms with Gasteiger partial charge in [-0.3, -0.25) is 0 Å². The van der Waals surface area contributed by atoms with E-state index < -0.39 is 72.5 Å². The lowest BCUT2D eigenvalue weighted by Crippen LogP contribution is -1.91. The lowest BCUT2D eigenvalue weighted by molar-refractivity contribution is 0.669. The van der Waals surface area contributed by atoms with Crippen LogP contribution in [0.1, 0.15) is 32.9 Å². The summed E-state index contributed by atoms with van der Waals surface area (Å²) >= 11 is 6.48. The second-order valence-corrected chi connectivity index (χ2v) is 36.7. The summed E-state index contributed by atoms with van der Waals surface area (Å²) in [6.45, 7) is 0. The van der Waals surface area contributed by atoms with Gasteiger partial charge in [-0.1, -0.05) is 351 Å². The van der Waals surface area contributed by atoms with E-state index in [1.165, 1.54) is 0 Å². The Kier molecular flexibility index (Phi) is 12.3. The van der Waals surface area contributed by atoms with Gasteiger partial charge in [0, 0.05) is 97.0 Å². The Bertz CT molecular complexity index is 11200. The fourth-order valence-corrected chi connectivity index (χ4v) is 24.4. The van der Waals surface area contributed by atoms with Crippen molar-refractivity contribution in [1.82, 2.24) is 0 Å². The zero-order valence-corrected chi connectivity index (χ0v) is 71.0. The maximum atomic E-state index is 9.36. The Labute approximate surface area is 791 Å². The van der Waals surface area contributed by atoms with Gasteiger partial charge in [-0.15, -0.1) is 45.3 Å². The highest BCUT2D eigenvalue weighted by Crippen LogP contribution is 2.53. The van der Waals surface area contributed by atoms with Crippen molar-refractivity contribution < 1.29 is 37.3 Å². The number of furan rings is 1. The summed E-state index contributed by atoms with van der Waals surface area (Å²) in [6.07, 6.45) is 0. The van der Waals surface area contributed by atoms with Crippen LogP contribution in [0.4, 0.5) is 0 Å². The van der Waals surface area contributed by atoms with Crippen molar-refractivity contribution in [3.63, 3.8) is 0 Å².